The molecule has 21 heavy (non-hydrogen) atoms. The zero-order valence-electron chi connectivity index (χ0n) is 11.8. The van der Waals surface area contributed by atoms with Gasteiger partial charge in [-0.25, -0.2) is 21.6 Å². The van der Waals surface area contributed by atoms with Gasteiger partial charge in [-0.1, -0.05) is 0 Å². The minimum Gasteiger partial charge on any atom is -0.385 e. The maximum atomic E-state index is 12.2. The van der Waals surface area contributed by atoms with Crippen molar-refractivity contribution in [3.05, 3.63) is 18.2 Å². The van der Waals surface area contributed by atoms with Gasteiger partial charge in [0.25, 0.3) is 0 Å². The second kappa shape index (κ2) is 7.18. The van der Waals surface area contributed by atoms with E-state index in [0.717, 1.165) is 12.3 Å². The second-order valence-corrected chi connectivity index (χ2v) is 8.07. The maximum absolute atomic E-state index is 12.2. The summed E-state index contributed by atoms with van der Waals surface area (Å²) in [6.07, 6.45) is 1.49. The van der Waals surface area contributed by atoms with E-state index in [2.05, 4.69) is 10.1 Å². The van der Waals surface area contributed by atoms with Gasteiger partial charge in [0.2, 0.25) is 10.0 Å². The molecule has 1 rings (SSSR count). The predicted octanol–water partition coefficient (Wildman–Crippen LogP) is -0.309. The molecule has 0 saturated heterocycles. The summed E-state index contributed by atoms with van der Waals surface area (Å²) in [6, 6.07) is 3.66. The lowest BCUT2D eigenvalue weighted by Crippen LogP contribution is -2.27. The number of benzene rings is 1. The molecule has 10 heteroatoms. The van der Waals surface area contributed by atoms with Gasteiger partial charge in [-0.05, 0) is 24.6 Å². The monoisotopic (exact) mass is 337 g/mol. The number of anilines is 1. The molecule has 0 aliphatic heterocycles. The van der Waals surface area contributed by atoms with E-state index in [1.54, 1.807) is 0 Å². The zero-order valence-corrected chi connectivity index (χ0v) is 13.4. The first kappa shape index (κ1) is 17.9. The highest BCUT2D eigenvalue weighted by Crippen LogP contribution is 2.24. The van der Waals surface area contributed by atoms with Crippen molar-refractivity contribution in [1.29, 1.82) is 0 Å². The second-order valence-electron chi connectivity index (χ2n) is 4.32. The summed E-state index contributed by atoms with van der Waals surface area (Å²) in [7, 11) is -5.88. The van der Waals surface area contributed by atoms with E-state index in [1.807, 2.05) is 0 Å². The average Bonchev–Trinajstić information content (AvgIpc) is 2.42. The van der Waals surface area contributed by atoms with Crippen LogP contribution in [-0.4, -0.2) is 43.4 Å². The molecule has 1 aromatic rings. The molecule has 0 fully saturated rings. The third kappa shape index (κ3) is 4.93. The van der Waals surface area contributed by atoms with Crippen molar-refractivity contribution in [3.63, 3.8) is 0 Å². The number of nitrogens with one attached hydrogen (secondary N) is 2. The zero-order chi connectivity index (χ0) is 16.1. The van der Waals surface area contributed by atoms with Crippen LogP contribution in [0.5, 0.6) is 0 Å². The number of sulfone groups is 1. The standard InChI is InChI=1S/C11H19N3O5S2/c1-19-7-3-6-13-21(17,18)11-8-9(20(2,15)16)4-5-10(11)14-12/h4-5,8,13-14H,3,6-7,12H2,1-2H3. The van der Waals surface area contributed by atoms with Crippen LogP contribution in [0.3, 0.4) is 0 Å². The lowest BCUT2D eigenvalue weighted by atomic mass is 10.3. The largest absolute Gasteiger partial charge is 0.385 e. The predicted molar refractivity (Wildman–Crippen MR) is 79.0 cm³/mol. The fraction of sp³-hybridized carbons (Fsp3) is 0.455. The Hall–Kier alpha value is -1.20. The van der Waals surface area contributed by atoms with Crippen molar-refractivity contribution >= 4 is 25.5 Å². The number of ether oxygens (including phenoxy) is 1. The number of hydrogen-bond donors (Lipinski definition) is 3. The first-order valence-electron chi connectivity index (χ1n) is 6.01. The van der Waals surface area contributed by atoms with Gasteiger partial charge in [0.05, 0.1) is 10.6 Å². The highest BCUT2D eigenvalue weighted by atomic mass is 32.2. The van der Waals surface area contributed by atoms with Crippen molar-refractivity contribution in [1.82, 2.24) is 4.72 Å². The number of nitrogens with two attached hydrogens (primary N) is 1. The van der Waals surface area contributed by atoms with Crippen LogP contribution in [0, 0.1) is 0 Å². The normalized spacial score (nSPS) is 12.3. The summed E-state index contributed by atoms with van der Waals surface area (Å²) in [5.41, 5.74) is 2.36. The Labute approximate surface area is 124 Å². The first-order chi connectivity index (χ1) is 9.72. The number of methoxy groups -OCH3 is 1. The van der Waals surface area contributed by atoms with Crippen molar-refractivity contribution in [2.45, 2.75) is 16.2 Å². The molecule has 4 N–H and O–H groups in total. The molecule has 0 bridgehead atoms. The number of hydrazine groups is 1. The van der Waals surface area contributed by atoms with Gasteiger partial charge in [-0.3, -0.25) is 5.84 Å². The van der Waals surface area contributed by atoms with Gasteiger partial charge < -0.3 is 10.2 Å². The average molecular weight is 337 g/mol. The van der Waals surface area contributed by atoms with Crippen LogP contribution < -0.4 is 16.0 Å². The molecule has 120 valence electrons. The molecule has 0 spiro atoms. The van der Waals surface area contributed by atoms with E-state index >= 15 is 0 Å². The fourth-order valence-corrected chi connectivity index (χ4v) is 3.56. The van der Waals surface area contributed by atoms with Gasteiger partial charge in [0.1, 0.15) is 4.90 Å². The molecule has 0 unspecified atom stereocenters. The third-order valence-corrected chi connectivity index (χ3v) is 5.25. The molecular formula is C11H19N3O5S2. The quantitative estimate of drug-likeness (QED) is 0.337. The number of rotatable bonds is 8. The summed E-state index contributed by atoms with van der Waals surface area (Å²) in [4.78, 5) is -0.316. The van der Waals surface area contributed by atoms with Crippen molar-refractivity contribution in [2.75, 3.05) is 31.9 Å². The topological polar surface area (TPSA) is 128 Å². The van der Waals surface area contributed by atoms with Crippen molar-refractivity contribution < 1.29 is 21.6 Å². The van der Waals surface area contributed by atoms with E-state index < -0.39 is 19.9 Å². The molecule has 0 radical (unpaired) electrons. The van der Waals surface area contributed by atoms with Crippen LogP contribution in [0.1, 0.15) is 6.42 Å². The number of nitrogen functional groups attached to an aromatic ring is 1. The summed E-state index contributed by atoms with van der Waals surface area (Å²) in [5.74, 6) is 5.27. The molecule has 0 aliphatic carbocycles. The Morgan fingerprint density at radius 3 is 2.43 bits per heavy atom. The number of hydrogen-bond acceptors (Lipinski definition) is 7. The first-order valence-corrected chi connectivity index (χ1v) is 9.39. The van der Waals surface area contributed by atoms with Crippen LogP contribution in [0.2, 0.25) is 0 Å². The molecule has 0 aromatic heterocycles. The Kier molecular flexibility index (Phi) is 6.10. The molecule has 0 saturated carbocycles. The lowest BCUT2D eigenvalue weighted by Gasteiger charge is -2.12. The smallest absolute Gasteiger partial charge is 0.242 e. The molecule has 0 aliphatic rings. The van der Waals surface area contributed by atoms with Crippen LogP contribution in [0.4, 0.5) is 5.69 Å². The van der Waals surface area contributed by atoms with E-state index in [-0.39, 0.29) is 22.0 Å². The lowest BCUT2D eigenvalue weighted by molar-refractivity contribution is 0.196. The van der Waals surface area contributed by atoms with Gasteiger partial charge >= 0.3 is 0 Å². The Balaban J connectivity index is 3.14. The van der Waals surface area contributed by atoms with Gasteiger partial charge in [0.15, 0.2) is 9.84 Å². The van der Waals surface area contributed by atoms with E-state index in [4.69, 9.17) is 10.6 Å². The molecule has 0 atom stereocenters. The SMILES string of the molecule is COCCCNS(=O)(=O)c1cc(S(C)(=O)=O)ccc1NN. The minimum atomic E-state index is -3.88. The van der Waals surface area contributed by atoms with E-state index in [0.29, 0.717) is 13.0 Å². The van der Waals surface area contributed by atoms with Crippen LogP contribution in [0.25, 0.3) is 0 Å². The van der Waals surface area contributed by atoms with Crippen LogP contribution in [0.15, 0.2) is 28.0 Å². The van der Waals surface area contributed by atoms with Crippen LogP contribution in [-0.2, 0) is 24.6 Å². The summed E-state index contributed by atoms with van der Waals surface area (Å²) in [5, 5.41) is 0. The fourth-order valence-electron chi connectivity index (χ4n) is 1.58. The molecule has 8 nitrogen and oxygen atoms in total. The molecule has 0 heterocycles. The molecular weight excluding hydrogens is 318 g/mol. The summed E-state index contributed by atoms with van der Waals surface area (Å²) >= 11 is 0. The minimum absolute atomic E-state index is 0.0984. The highest BCUT2D eigenvalue weighted by Gasteiger charge is 2.21. The van der Waals surface area contributed by atoms with Gasteiger partial charge in [-0.15, -0.1) is 0 Å². The molecule has 0 amide bonds. The Bertz CT molecular complexity index is 686. The van der Waals surface area contributed by atoms with Crippen molar-refractivity contribution in [3.8, 4) is 0 Å². The maximum Gasteiger partial charge on any atom is 0.242 e. The van der Waals surface area contributed by atoms with Crippen LogP contribution >= 0.6 is 0 Å². The highest BCUT2D eigenvalue weighted by molar-refractivity contribution is 7.91. The molecule has 1 aromatic carbocycles. The summed E-state index contributed by atoms with van der Waals surface area (Å²) < 4.78 is 54.7. The van der Waals surface area contributed by atoms with E-state index in [9.17, 15) is 16.8 Å². The number of sulfonamides is 1. The Morgan fingerprint density at radius 2 is 1.90 bits per heavy atom. The van der Waals surface area contributed by atoms with E-state index in [1.165, 1.54) is 19.2 Å². The third-order valence-electron chi connectivity index (χ3n) is 2.64. The van der Waals surface area contributed by atoms with Gasteiger partial charge in [-0.2, -0.15) is 0 Å². The summed E-state index contributed by atoms with van der Waals surface area (Å²) in [6.45, 7) is 0.581. The van der Waals surface area contributed by atoms with Crippen molar-refractivity contribution in [2.24, 2.45) is 5.84 Å². The van der Waals surface area contributed by atoms with Gasteiger partial charge in [0, 0.05) is 26.5 Å². The Morgan fingerprint density at radius 1 is 1.24 bits per heavy atom.